The van der Waals surface area contributed by atoms with Gasteiger partial charge in [0, 0.05) is 11.7 Å². The van der Waals surface area contributed by atoms with E-state index in [1.807, 2.05) is 0 Å². The molecule has 0 atom stereocenters. The Morgan fingerprint density at radius 3 is 2.56 bits per heavy atom. The lowest BCUT2D eigenvalue weighted by Gasteiger charge is -2.23. The first kappa shape index (κ1) is 21.3. The van der Waals surface area contributed by atoms with Crippen molar-refractivity contribution in [3.05, 3.63) is 52.4 Å². The quantitative estimate of drug-likeness (QED) is 0.688. The van der Waals surface area contributed by atoms with Crippen molar-refractivity contribution < 1.29 is 14.0 Å². The molecule has 3 rings (SSSR count). The maximum atomic E-state index is 12.5. The van der Waals surface area contributed by atoms with E-state index >= 15 is 0 Å². The lowest BCUT2D eigenvalue weighted by atomic mass is 9.95. The number of nitrogens with two attached hydrogens (primary N) is 1. The zero-order chi connectivity index (χ0) is 18.5. The Balaban J connectivity index is 0.00000261. The summed E-state index contributed by atoms with van der Waals surface area (Å²) in [5.74, 6) is -0.0278. The van der Waals surface area contributed by atoms with Crippen molar-refractivity contribution in [2.75, 3.05) is 5.32 Å². The Bertz CT molecular complexity index is 801. The molecule has 2 aromatic rings. The number of carbonyl (C=O) groups is 2. The second-order valence-electron chi connectivity index (χ2n) is 6.46. The van der Waals surface area contributed by atoms with Crippen LogP contribution in [-0.4, -0.2) is 17.9 Å². The molecule has 1 aliphatic carbocycles. The molecule has 1 aromatic heterocycles. The standard InChI is InChI=1S/C19H22ClN3O3.ClH/c20-17-7-6-14(23-18(24)12-8-15(10-21)26-11-12)9-16(17)19(25)22-13-4-2-1-3-5-13;/h6-9,11,13H,1-5,10,21H2,(H,22,25)(H,23,24);1H. The molecule has 4 N–H and O–H groups in total. The summed E-state index contributed by atoms with van der Waals surface area (Å²) in [6, 6.07) is 6.62. The van der Waals surface area contributed by atoms with Gasteiger partial charge in [-0.1, -0.05) is 30.9 Å². The van der Waals surface area contributed by atoms with Crippen molar-refractivity contribution in [2.45, 2.75) is 44.7 Å². The highest BCUT2D eigenvalue weighted by Gasteiger charge is 2.19. The fraction of sp³-hybridized carbons (Fsp3) is 0.368. The van der Waals surface area contributed by atoms with Gasteiger partial charge < -0.3 is 20.8 Å². The predicted molar refractivity (Wildman–Crippen MR) is 108 cm³/mol. The maximum absolute atomic E-state index is 12.5. The Hall–Kier alpha value is -2.02. The maximum Gasteiger partial charge on any atom is 0.258 e. The molecule has 0 saturated heterocycles. The van der Waals surface area contributed by atoms with Gasteiger partial charge in [0.15, 0.2) is 0 Å². The lowest BCUT2D eigenvalue weighted by molar-refractivity contribution is 0.0926. The average Bonchev–Trinajstić information content (AvgIpc) is 3.13. The third kappa shape index (κ3) is 5.48. The molecule has 0 spiro atoms. The molecule has 0 aliphatic heterocycles. The van der Waals surface area contributed by atoms with E-state index in [2.05, 4.69) is 10.6 Å². The highest BCUT2D eigenvalue weighted by Crippen LogP contribution is 2.23. The van der Waals surface area contributed by atoms with Crippen molar-refractivity contribution in [1.29, 1.82) is 0 Å². The van der Waals surface area contributed by atoms with E-state index in [-0.39, 0.29) is 36.8 Å². The van der Waals surface area contributed by atoms with Crippen molar-refractivity contribution in [2.24, 2.45) is 5.73 Å². The van der Waals surface area contributed by atoms with Gasteiger partial charge in [0.1, 0.15) is 12.0 Å². The van der Waals surface area contributed by atoms with E-state index in [0.717, 1.165) is 25.7 Å². The number of halogens is 2. The fourth-order valence-electron chi connectivity index (χ4n) is 3.10. The molecule has 0 unspecified atom stereocenters. The molecule has 2 amide bonds. The van der Waals surface area contributed by atoms with E-state index in [1.165, 1.54) is 12.7 Å². The second kappa shape index (κ2) is 9.78. The van der Waals surface area contributed by atoms with Crippen LogP contribution in [0.1, 0.15) is 58.6 Å². The van der Waals surface area contributed by atoms with Crippen LogP contribution in [0, 0.1) is 0 Å². The first-order valence-electron chi connectivity index (χ1n) is 8.76. The largest absolute Gasteiger partial charge is 0.467 e. The minimum absolute atomic E-state index is 0. The highest BCUT2D eigenvalue weighted by atomic mass is 35.5. The Morgan fingerprint density at radius 2 is 1.89 bits per heavy atom. The lowest BCUT2D eigenvalue weighted by Crippen LogP contribution is -2.36. The van der Waals surface area contributed by atoms with Gasteiger partial charge in [0.2, 0.25) is 0 Å². The molecule has 1 aliphatic rings. The number of amides is 2. The zero-order valence-corrected chi connectivity index (χ0v) is 16.4. The van der Waals surface area contributed by atoms with Crippen molar-refractivity contribution >= 4 is 41.5 Å². The van der Waals surface area contributed by atoms with Crippen LogP contribution in [0.25, 0.3) is 0 Å². The predicted octanol–water partition coefficient (Wildman–Crippen LogP) is 4.13. The monoisotopic (exact) mass is 411 g/mol. The van der Waals surface area contributed by atoms with Crippen LogP contribution >= 0.6 is 24.0 Å². The van der Waals surface area contributed by atoms with Gasteiger partial charge in [0.05, 0.1) is 22.7 Å². The van der Waals surface area contributed by atoms with Crippen LogP contribution in [0.5, 0.6) is 0 Å². The van der Waals surface area contributed by atoms with E-state index in [1.54, 1.807) is 24.3 Å². The highest BCUT2D eigenvalue weighted by molar-refractivity contribution is 6.34. The summed E-state index contributed by atoms with van der Waals surface area (Å²) in [4.78, 5) is 24.8. The van der Waals surface area contributed by atoms with Crippen molar-refractivity contribution in [3.8, 4) is 0 Å². The summed E-state index contributed by atoms with van der Waals surface area (Å²) in [6.07, 6.45) is 6.81. The first-order valence-corrected chi connectivity index (χ1v) is 9.14. The summed E-state index contributed by atoms with van der Waals surface area (Å²) in [7, 11) is 0. The number of benzene rings is 1. The number of furan rings is 1. The summed E-state index contributed by atoms with van der Waals surface area (Å²) in [5, 5.41) is 6.13. The van der Waals surface area contributed by atoms with Crippen molar-refractivity contribution in [1.82, 2.24) is 5.32 Å². The van der Waals surface area contributed by atoms with Crippen LogP contribution in [0.4, 0.5) is 5.69 Å². The van der Waals surface area contributed by atoms with Crippen LogP contribution in [0.3, 0.4) is 0 Å². The number of hydrogen-bond donors (Lipinski definition) is 3. The van der Waals surface area contributed by atoms with Gasteiger partial charge >= 0.3 is 0 Å². The Morgan fingerprint density at radius 1 is 1.15 bits per heavy atom. The third-order valence-electron chi connectivity index (χ3n) is 4.53. The summed E-state index contributed by atoms with van der Waals surface area (Å²) in [6.45, 7) is 0.222. The smallest absolute Gasteiger partial charge is 0.258 e. The molecular formula is C19H23Cl2N3O3. The topological polar surface area (TPSA) is 97.4 Å². The van der Waals surface area contributed by atoms with Crippen LogP contribution in [0.2, 0.25) is 5.02 Å². The number of carbonyl (C=O) groups excluding carboxylic acids is 2. The zero-order valence-electron chi connectivity index (χ0n) is 14.8. The minimum Gasteiger partial charge on any atom is -0.467 e. The number of rotatable bonds is 5. The third-order valence-corrected chi connectivity index (χ3v) is 4.86. The Kier molecular flexibility index (Phi) is 7.71. The van der Waals surface area contributed by atoms with Crippen LogP contribution in [-0.2, 0) is 6.54 Å². The van der Waals surface area contributed by atoms with Crippen LogP contribution in [0.15, 0.2) is 34.9 Å². The summed E-state index contributed by atoms with van der Waals surface area (Å²) >= 11 is 6.18. The molecule has 6 nitrogen and oxygen atoms in total. The molecule has 0 bridgehead atoms. The van der Waals surface area contributed by atoms with Gasteiger partial charge in [0.25, 0.3) is 11.8 Å². The normalized spacial score (nSPS) is 14.3. The second-order valence-corrected chi connectivity index (χ2v) is 6.87. The molecule has 27 heavy (non-hydrogen) atoms. The number of nitrogens with one attached hydrogen (secondary N) is 2. The average molecular weight is 412 g/mol. The molecule has 146 valence electrons. The molecule has 0 radical (unpaired) electrons. The van der Waals surface area contributed by atoms with Gasteiger partial charge in [-0.2, -0.15) is 0 Å². The molecule has 1 heterocycles. The molecule has 1 fully saturated rings. The SMILES string of the molecule is Cl.NCc1cc(C(=O)Nc2ccc(Cl)c(C(=O)NC3CCCCC3)c2)co1. The summed E-state index contributed by atoms with van der Waals surface area (Å²) in [5.41, 5.74) is 6.69. The van der Waals surface area contributed by atoms with E-state index in [4.69, 9.17) is 21.8 Å². The van der Waals surface area contributed by atoms with Gasteiger partial charge in [-0.3, -0.25) is 9.59 Å². The summed E-state index contributed by atoms with van der Waals surface area (Å²) < 4.78 is 5.17. The van der Waals surface area contributed by atoms with Gasteiger partial charge in [-0.05, 0) is 37.1 Å². The van der Waals surface area contributed by atoms with E-state index in [0.29, 0.717) is 27.6 Å². The van der Waals surface area contributed by atoms with Crippen LogP contribution < -0.4 is 16.4 Å². The molecule has 1 saturated carbocycles. The number of hydrogen-bond acceptors (Lipinski definition) is 4. The molecular weight excluding hydrogens is 389 g/mol. The van der Waals surface area contributed by atoms with Gasteiger partial charge in [-0.25, -0.2) is 0 Å². The first-order chi connectivity index (χ1) is 12.6. The fourth-order valence-corrected chi connectivity index (χ4v) is 3.30. The Labute approximate surface area is 169 Å². The van der Waals surface area contributed by atoms with Crippen molar-refractivity contribution in [3.63, 3.8) is 0 Å². The van der Waals surface area contributed by atoms with E-state index < -0.39 is 0 Å². The minimum atomic E-state index is -0.339. The molecule has 8 heteroatoms. The van der Waals surface area contributed by atoms with Gasteiger partial charge in [-0.15, -0.1) is 12.4 Å². The number of anilines is 1. The van der Waals surface area contributed by atoms with E-state index in [9.17, 15) is 9.59 Å². The molecule has 1 aromatic carbocycles.